The maximum absolute atomic E-state index is 13.2. The van der Waals surface area contributed by atoms with Gasteiger partial charge in [-0.15, -0.1) is 11.3 Å². The number of fused-ring (bicyclic) bond motifs is 3. The Hall–Kier alpha value is -3.08. The Morgan fingerprint density at radius 3 is 2.71 bits per heavy atom. The van der Waals surface area contributed by atoms with Crippen molar-refractivity contribution in [2.45, 2.75) is 65.3 Å². The van der Waals surface area contributed by atoms with Gasteiger partial charge < -0.3 is 0 Å². The Morgan fingerprint density at radius 2 is 2.00 bits per heavy atom. The van der Waals surface area contributed by atoms with Gasteiger partial charge in [0.05, 0.1) is 16.9 Å². The zero-order valence-electron chi connectivity index (χ0n) is 17.5. The fourth-order valence-corrected chi connectivity index (χ4v) is 5.29. The van der Waals surface area contributed by atoms with Gasteiger partial charge in [-0.2, -0.15) is 5.10 Å². The summed E-state index contributed by atoms with van der Waals surface area (Å²) in [6.45, 7) is 3.40. The maximum Gasteiger partial charge on any atom is 0.309 e. The van der Waals surface area contributed by atoms with Crippen molar-refractivity contribution in [2.75, 3.05) is 5.43 Å². The summed E-state index contributed by atoms with van der Waals surface area (Å²) in [5, 5.41) is 15.6. The van der Waals surface area contributed by atoms with Crippen molar-refractivity contribution in [3.8, 4) is 0 Å². The predicted octanol–water partition coefficient (Wildman–Crippen LogP) is 3.00. The van der Waals surface area contributed by atoms with Crippen LogP contribution in [0.5, 0.6) is 0 Å². The van der Waals surface area contributed by atoms with Crippen molar-refractivity contribution in [3.05, 3.63) is 48.6 Å². The SMILES string of the molecule is Cc1nn(CCC(=O)Nn2c(C)nc3sc4c(c3c2=O)CCCCCC4)cc1[N+](=O)[O-]. The molecule has 0 atom stereocenters. The van der Waals surface area contributed by atoms with Crippen LogP contribution in [0, 0.1) is 24.0 Å². The lowest BCUT2D eigenvalue weighted by Crippen LogP contribution is -2.36. The molecule has 0 saturated heterocycles. The monoisotopic (exact) mass is 444 g/mol. The van der Waals surface area contributed by atoms with Crippen molar-refractivity contribution in [2.24, 2.45) is 0 Å². The number of carbonyl (C=O) groups excluding carboxylic acids is 1. The van der Waals surface area contributed by atoms with E-state index in [1.807, 2.05) is 0 Å². The van der Waals surface area contributed by atoms with Crippen LogP contribution < -0.4 is 11.0 Å². The van der Waals surface area contributed by atoms with E-state index in [1.54, 1.807) is 25.2 Å². The first-order valence-corrected chi connectivity index (χ1v) is 11.2. The molecule has 0 radical (unpaired) electrons. The molecule has 11 heteroatoms. The molecule has 1 N–H and O–H groups in total. The number of carbonyl (C=O) groups is 1. The van der Waals surface area contributed by atoms with Gasteiger partial charge >= 0.3 is 5.69 Å². The fourth-order valence-electron chi connectivity index (χ4n) is 3.99. The summed E-state index contributed by atoms with van der Waals surface area (Å²) in [5.74, 6) is 0.0333. The number of aryl methyl sites for hydroxylation is 5. The molecule has 3 heterocycles. The van der Waals surface area contributed by atoms with Crippen LogP contribution in [0.1, 0.15) is 54.1 Å². The molecule has 31 heavy (non-hydrogen) atoms. The molecule has 10 nitrogen and oxygen atoms in total. The first kappa shape index (κ1) is 21.2. The number of aromatic nitrogens is 4. The molecule has 0 spiro atoms. The predicted molar refractivity (Wildman–Crippen MR) is 117 cm³/mol. The quantitative estimate of drug-likeness (QED) is 0.476. The summed E-state index contributed by atoms with van der Waals surface area (Å²) in [5.41, 5.74) is 3.68. The van der Waals surface area contributed by atoms with E-state index < -0.39 is 4.92 Å². The van der Waals surface area contributed by atoms with Crippen molar-refractivity contribution < 1.29 is 9.72 Å². The van der Waals surface area contributed by atoms with Crippen LogP contribution in [-0.2, 0) is 24.2 Å². The average molecular weight is 445 g/mol. The Morgan fingerprint density at radius 1 is 1.26 bits per heavy atom. The van der Waals surface area contributed by atoms with Crippen molar-refractivity contribution in [1.82, 2.24) is 19.4 Å². The van der Waals surface area contributed by atoms with Gasteiger partial charge in [0.25, 0.3) is 5.56 Å². The lowest BCUT2D eigenvalue weighted by atomic mass is 9.98. The van der Waals surface area contributed by atoms with Gasteiger partial charge in [0.2, 0.25) is 5.91 Å². The van der Waals surface area contributed by atoms with E-state index in [-0.39, 0.29) is 30.1 Å². The molecular weight excluding hydrogens is 420 g/mol. The number of nitrogens with one attached hydrogen (secondary N) is 1. The van der Waals surface area contributed by atoms with E-state index >= 15 is 0 Å². The number of nitro groups is 1. The molecule has 0 fully saturated rings. The van der Waals surface area contributed by atoms with Gasteiger partial charge in [0.1, 0.15) is 22.5 Å². The molecule has 164 valence electrons. The molecule has 0 aliphatic heterocycles. The first-order chi connectivity index (χ1) is 14.8. The van der Waals surface area contributed by atoms with Crippen molar-refractivity contribution in [1.29, 1.82) is 0 Å². The Bertz CT molecular complexity index is 1220. The zero-order chi connectivity index (χ0) is 22.1. The van der Waals surface area contributed by atoms with Gasteiger partial charge in [0, 0.05) is 11.3 Å². The van der Waals surface area contributed by atoms with Gasteiger partial charge in [-0.3, -0.25) is 29.8 Å². The summed E-state index contributed by atoms with van der Waals surface area (Å²) in [7, 11) is 0. The van der Waals surface area contributed by atoms with Crippen LogP contribution in [0.2, 0.25) is 0 Å². The van der Waals surface area contributed by atoms with Crippen LogP contribution in [0.3, 0.4) is 0 Å². The molecule has 0 bridgehead atoms. The van der Waals surface area contributed by atoms with Gasteiger partial charge in [-0.25, -0.2) is 9.66 Å². The molecular formula is C20H24N6O4S. The summed E-state index contributed by atoms with van der Waals surface area (Å²) < 4.78 is 2.58. The van der Waals surface area contributed by atoms with Crippen molar-refractivity contribution >= 4 is 33.1 Å². The third-order valence-corrected chi connectivity index (χ3v) is 6.76. The normalized spacial score (nSPS) is 14.1. The minimum Gasteiger partial charge on any atom is -0.273 e. The molecule has 0 saturated carbocycles. The second-order valence-electron chi connectivity index (χ2n) is 7.80. The molecule has 3 aromatic rings. The second kappa shape index (κ2) is 8.58. The molecule has 0 aromatic carbocycles. The van der Waals surface area contributed by atoms with E-state index in [9.17, 15) is 19.7 Å². The fraction of sp³-hybridized carbons (Fsp3) is 0.500. The second-order valence-corrected chi connectivity index (χ2v) is 8.89. The van der Waals surface area contributed by atoms with E-state index in [2.05, 4.69) is 15.5 Å². The third-order valence-electron chi connectivity index (χ3n) is 5.58. The number of thiophene rings is 1. The minimum atomic E-state index is -0.505. The highest BCUT2D eigenvalue weighted by Crippen LogP contribution is 2.32. The van der Waals surface area contributed by atoms with E-state index in [0.717, 1.165) is 42.5 Å². The molecule has 4 rings (SSSR count). The molecule has 1 aliphatic carbocycles. The topological polar surface area (TPSA) is 125 Å². The first-order valence-electron chi connectivity index (χ1n) is 10.4. The Balaban J connectivity index is 1.55. The summed E-state index contributed by atoms with van der Waals surface area (Å²) in [6.07, 6.45) is 7.69. The zero-order valence-corrected chi connectivity index (χ0v) is 18.3. The standard InChI is InChI=1S/C20H24N6O4S/c1-12-15(26(29)30)11-24(22-12)10-9-17(27)23-25-13(2)21-19-18(20(25)28)14-7-5-3-4-6-8-16(14)31-19/h11H,3-10H2,1-2H3,(H,23,27). The Kier molecular flexibility index (Phi) is 5.86. The summed E-state index contributed by atoms with van der Waals surface area (Å²) >= 11 is 1.59. The maximum atomic E-state index is 13.2. The van der Waals surface area contributed by atoms with E-state index in [1.165, 1.54) is 26.9 Å². The number of amides is 1. The number of hydrogen-bond acceptors (Lipinski definition) is 7. The van der Waals surface area contributed by atoms with E-state index in [0.29, 0.717) is 16.9 Å². The van der Waals surface area contributed by atoms with Gasteiger partial charge in [-0.05, 0) is 45.1 Å². The number of nitrogens with zero attached hydrogens (tertiary/aromatic N) is 5. The van der Waals surface area contributed by atoms with Crippen LogP contribution in [0.15, 0.2) is 11.0 Å². The smallest absolute Gasteiger partial charge is 0.273 e. The number of hydrogen-bond donors (Lipinski definition) is 1. The molecule has 3 aromatic heterocycles. The highest BCUT2D eigenvalue weighted by atomic mass is 32.1. The Labute approximate surface area is 182 Å². The third kappa shape index (κ3) is 4.22. The van der Waals surface area contributed by atoms with Crippen LogP contribution in [0.25, 0.3) is 10.2 Å². The van der Waals surface area contributed by atoms with Gasteiger partial charge in [-0.1, -0.05) is 12.8 Å². The molecule has 1 amide bonds. The summed E-state index contributed by atoms with van der Waals surface area (Å²) in [6, 6.07) is 0. The van der Waals surface area contributed by atoms with Gasteiger partial charge in [0.15, 0.2) is 0 Å². The summed E-state index contributed by atoms with van der Waals surface area (Å²) in [4.78, 5) is 42.7. The lowest BCUT2D eigenvalue weighted by molar-refractivity contribution is -0.385. The van der Waals surface area contributed by atoms with Crippen LogP contribution in [-0.4, -0.2) is 30.3 Å². The lowest BCUT2D eigenvalue weighted by Gasteiger charge is -2.12. The molecule has 1 aliphatic rings. The number of rotatable bonds is 5. The molecule has 0 unspecified atom stereocenters. The van der Waals surface area contributed by atoms with Crippen molar-refractivity contribution in [3.63, 3.8) is 0 Å². The minimum absolute atomic E-state index is 0.0178. The van der Waals surface area contributed by atoms with Crippen LogP contribution in [0.4, 0.5) is 5.69 Å². The largest absolute Gasteiger partial charge is 0.309 e. The van der Waals surface area contributed by atoms with Crippen LogP contribution >= 0.6 is 11.3 Å². The highest BCUT2D eigenvalue weighted by molar-refractivity contribution is 7.18. The highest BCUT2D eigenvalue weighted by Gasteiger charge is 2.21. The van der Waals surface area contributed by atoms with E-state index in [4.69, 9.17) is 0 Å². The average Bonchev–Trinajstić information content (AvgIpc) is 3.23.